The number of hydrogen-bond donors (Lipinski definition) is 1. The van der Waals surface area contributed by atoms with Crippen LogP contribution in [0.3, 0.4) is 0 Å². The summed E-state index contributed by atoms with van der Waals surface area (Å²) in [6.07, 6.45) is -2.01. The molecule has 1 unspecified atom stereocenters. The molecule has 2 fully saturated rings. The van der Waals surface area contributed by atoms with Crippen molar-refractivity contribution in [3.05, 3.63) is 23.8 Å². The van der Waals surface area contributed by atoms with Crippen LogP contribution in [0.1, 0.15) is 29.6 Å². The summed E-state index contributed by atoms with van der Waals surface area (Å²) in [5, 5.41) is 7.12. The second-order valence-corrected chi connectivity index (χ2v) is 8.84. The Morgan fingerprint density at radius 2 is 1.82 bits per heavy atom. The first kappa shape index (κ1) is 25.1. The Balaban J connectivity index is 0.000000383. The van der Waals surface area contributed by atoms with Gasteiger partial charge < -0.3 is 29.1 Å². The highest BCUT2D eigenvalue weighted by molar-refractivity contribution is 5.95. The molecule has 11 heteroatoms. The molecule has 0 radical (unpaired) electrons. The zero-order valence-corrected chi connectivity index (χ0v) is 18.7. The molecule has 3 aliphatic heterocycles. The lowest BCUT2D eigenvalue weighted by molar-refractivity contribution is -0.192. The first-order valence-electron chi connectivity index (χ1n) is 10.8. The van der Waals surface area contributed by atoms with E-state index >= 15 is 0 Å². The minimum atomic E-state index is -5.08. The van der Waals surface area contributed by atoms with Crippen LogP contribution in [0.4, 0.5) is 13.2 Å². The molecule has 33 heavy (non-hydrogen) atoms. The van der Waals surface area contributed by atoms with Crippen LogP contribution in [0.25, 0.3) is 0 Å². The second kappa shape index (κ2) is 10.2. The van der Waals surface area contributed by atoms with Crippen LogP contribution in [0.15, 0.2) is 18.2 Å². The first-order chi connectivity index (χ1) is 15.5. The van der Waals surface area contributed by atoms with E-state index in [1.54, 1.807) is 0 Å². The van der Waals surface area contributed by atoms with E-state index in [0.29, 0.717) is 43.5 Å². The fourth-order valence-electron chi connectivity index (χ4n) is 4.10. The molecule has 2 saturated heterocycles. The van der Waals surface area contributed by atoms with Gasteiger partial charge in [-0.15, -0.1) is 0 Å². The third kappa shape index (κ3) is 6.50. The molecular weight excluding hydrogens is 445 g/mol. The summed E-state index contributed by atoms with van der Waals surface area (Å²) in [6, 6.07) is 5.48. The van der Waals surface area contributed by atoms with Gasteiger partial charge in [0.25, 0.3) is 5.91 Å². The number of carbonyl (C=O) groups excluding carboxylic acids is 1. The van der Waals surface area contributed by atoms with Crippen molar-refractivity contribution in [2.75, 3.05) is 53.6 Å². The molecule has 1 aromatic rings. The summed E-state index contributed by atoms with van der Waals surface area (Å²) in [5.41, 5.74) is 0.537. The highest BCUT2D eigenvalue weighted by Crippen LogP contribution is 2.38. The van der Waals surface area contributed by atoms with Gasteiger partial charge in [-0.1, -0.05) is 0 Å². The van der Waals surface area contributed by atoms with Crippen molar-refractivity contribution in [3.63, 3.8) is 0 Å². The second-order valence-electron chi connectivity index (χ2n) is 8.84. The molecular formula is C22H29F3N2O6. The lowest BCUT2D eigenvalue weighted by Gasteiger charge is -2.53. The van der Waals surface area contributed by atoms with E-state index in [1.165, 1.54) is 6.42 Å². The molecule has 1 amide bonds. The van der Waals surface area contributed by atoms with Crippen molar-refractivity contribution in [2.45, 2.75) is 31.0 Å². The number of carboxylic acids is 1. The van der Waals surface area contributed by atoms with Crippen molar-refractivity contribution >= 4 is 11.9 Å². The van der Waals surface area contributed by atoms with Crippen LogP contribution in [-0.2, 0) is 9.53 Å². The van der Waals surface area contributed by atoms with Gasteiger partial charge in [-0.2, -0.15) is 13.2 Å². The van der Waals surface area contributed by atoms with E-state index in [1.807, 2.05) is 23.1 Å². The molecule has 3 aliphatic rings. The topological polar surface area (TPSA) is 88.5 Å². The maximum atomic E-state index is 12.8. The molecule has 0 aromatic heterocycles. The van der Waals surface area contributed by atoms with Gasteiger partial charge in [0, 0.05) is 18.5 Å². The first-order valence-corrected chi connectivity index (χ1v) is 10.8. The molecule has 1 N–H and O–H groups in total. The number of halogens is 3. The molecule has 1 atom stereocenters. The van der Waals surface area contributed by atoms with Gasteiger partial charge in [0.1, 0.15) is 5.60 Å². The lowest BCUT2D eigenvalue weighted by Crippen LogP contribution is -2.66. The Bertz CT molecular complexity index is 845. The number of fused-ring (bicyclic) bond motifs is 1. The van der Waals surface area contributed by atoms with E-state index in [-0.39, 0.29) is 11.5 Å². The Morgan fingerprint density at radius 1 is 1.18 bits per heavy atom. The average Bonchev–Trinajstić information content (AvgIpc) is 2.96. The van der Waals surface area contributed by atoms with Crippen LogP contribution in [0.5, 0.6) is 11.5 Å². The number of nitrogens with zero attached hydrogens (tertiary/aromatic N) is 2. The largest absolute Gasteiger partial charge is 0.490 e. The minimum absolute atomic E-state index is 0.0466. The number of hydrogen-bond acceptors (Lipinski definition) is 6. The minimum Gasteiger partial charge on any atom is -0.490 e. The lowest BCUT2D eigenvalue weighted by atomic mass is 9.82. The van der Waals surface area contributed by atoms with Crippen molar-refractivity contribution in [1.82, 2.24) is 9.80 Å². The van der Waals surface area contributed by atoms with Gasteiger partial charge in [-0.3, -0.25) is 4.79 Å². The Hall–Kier alpha value is -2.53. The fourth-order valence-corrected chi connectivity index (χ4v) is 4.10. The number of carbonyl (C=O) groups is 2. The number of ether oxygens (including phenoxy) is 3. The van der Waals surface area contributed by atoms with Gasteiger partial charge in [0.05, 0.1) is 32.9 Å². The quantitative estimate of drug-likeness (QED) is 0.721. The van der Waals surface area contributed by atoms with Gasteiger partial charge >= 0.3 is 12.1 Å². The summed E-state index contributed by atoms with van der Waals surface area (Å²) in [6.45, 7) is 4.52. The predicted octanol–water partition coefficient (Wildman–Crippen LogP) is 2.66. The normalized spacial score (nSPS) is 21.5. The molecule has 1 aromatic carbocycles. The van der Waals surface area contributed by atoms with Gasteiger partial charge in [-0.05, 0) is 51.1 Å². The molecule has 0 bridgehead atoms. The third-order valence-electron chi connectivity index (χ3n) is 5.74. The monoisotopic (exact) mass is 474 g/mol. The number of rotatable bonds is 3. The van der Waals surface area contributed by atoms with Crippen LogP contribution < -0.4 is 9.47 Å². The number of alkyl halides is 3. The summed E-state index contributed by atoms with van der Waals surface area (Å²) in [5.74, 6) is -0.717. The smallest absolute Gasteiger partial charge is 0.490 e. The van der Waals surface area contributed by atoms with E-state index in [4.69, 9.17) is 24.1 Å². The number of carboxylic acid groups (broad SMARTS) is 1. The van der Waals surface area contributed by atoms with Crippen molar-refractivity contribution in [3.8, 4) is 11.5 Å². The molecule has 184 valence electrons. The summed E-state index contributed by atoms with van der Waals surface area (Å²) >= 11 is 0. The maximum Gasteiger partial charge on any atom is 0.490 e. The number of likely N-dealkylation sites (tertiary alicyclic amines) is 1. The molecule has 0 aliphatic carbocycles. The fraction of sp³-hybridized carbons (Fsp3) is 0.636. The maximum absolute atomic E-state index is 12.8. The van der Waals surface area contributed by atoms with Crippen molar-refractivity contribution < 1.29 is 42.1 Å². The van der Waals surface area contributed by atoms with Gasteiger partial charge in [-0.25, -0.2) is 4.79 Å². The summed E-state index contributed by atoms with van der Waals surface area (Å²) < 4.78 is 49.2. The van der Waals surface area contributed by atoms with Crippen molar-refractivity contribution in [1.29, 1.82) is 0 Å². The molecule has 1 spiro atoms. The van der Waals surface area contributed by atoms with Crippen LogP contribution in [0.2, 0.25) is 0 Å². The Labute approximate surface area is 190 Å². The molecule has 8 nitrogen and oxygen atoms in total. The number of amides is 1. The molecule has 0 saturated carbocycles. The molecule has 4 rings (SSSR count). The summed E-state index contributed by atoms with van der Waals surface area (Å²) in [4.78, 5) is 25.8. The molecule has 3 heterocycles. The third-order valence-corrected chi connectivity index (χ3v) is 5.74. The SMILES string of the molecule is CN(C)CC1CCC2(CN(C(=O)c3ccc4c(c3)OCCCO4)C2)OC1.O=C(O)C(F)(F)F. The number of aliphatic carboxylic acids is 1. The highest BCUT2D eigenvalue weighted by Gasteiger charge is 2.48. The Morgan fingerprint density at radius 3 is 2.36 bits per heavy atom. The van der Waals surface area contributed by atoms with Crippen LogP contribution in [0, 0.1) is 5.92 Å². The standard InChI is InChI=1S/C20H28N2O4.C2HF3O2/c1-21(2)11-15-6-7-20(26-12-15)13-22(14-20)19(23)16-4-5-17-18(10-16)25-9-3-8-24-17;3-2(4,5)1(6)7/h4-5,10,15H,3,6-9,11-14H2,1-2H3;(H,6,7). The number of benzene rings is 1. The average molecular weight is 474 g/mol. The van der Waals surface area contributed by atoms with E-state index in [9.17, 15) is 18.0 Å². The van der Waals surface area contributed by atoms with Gasteiger partial charge in [0.2, 0.25) is 0 Å². The zero-order chi connectivity index (χ0) is 24.2. The summed E-state index contributed by atoms with van der Waals surface area (Å²) in [7, 11) is 4.20. The van der Waals surface area contributed by atoms with E-state index in [2.05, 4.69) is 19.0 Å². The van der Waals surface area contributed by atoms with Crippen molar-refractivity contribution in [2.24, 2.45) is 5.92 Å². The highest BCUT2D eigenvalue weighted by atomic mass is 19.4. The Kier molecular flexibility index (Phi) is 7.73. The van der Waals surface area contributed by atoms with Crippen LogP contribution in [-0.4, -0.2) is 92.1 Å². The van der Waals surface area contributed by atoms with Gasteiger partial charge in [0.15, 0.2) is 11.5 Å². The zero-order valence-electron chi connectivity index (χ0n) is 18.7. The van der Waals surface area contributed by atoms with E-state index < -0.39 is 12.1 Å². The predicted molar refractivity (Wildman–Crippen MR) is 112 cm³/mol. The van der Waals surface area contributed by atoms with E-state index in [0.717, 1.165) is 31.7 Å². The van der Waals surface area contributed by atoms with Crippen LogP contribution >= 0.6 is 0 Å².